The Hall–Kier alpha value is -1.35. The molecular formula is C15H22FN3O3S. The van der Waals surface area contributed by atoms with E-state index in [-0.39, 0.29) is 24.4 Å². The van der Waals surface area contributed by atoms with Crippen molar-refractivity contribution in [2.75, 3.05) is 29.5 Å². The van der Waals surface area contributed by atoms with Crippen LogP contribution in [0.3, 0.4) is 0 Å². The van der Waals surface area contributed by atoms with Crippen LogP contribution in [0.5, 0.6) is 0 Å². The van der Waals surface area contributed by atoms with Crippen LogP contribution in [0, 0.1) is 5.82 Å². The summed E-state index contributed by atoms with van der Waals surface area (Å²) in [7, 11) is -1.98. The largest absolute Gasteiger partial charge is 0.443 e. The van der Waals surface area contributed by atoms with Gasteiger partial charge in [-0.15, -0.1) is 0 Å². The molecule has 0 unspecified atom stereocenters. The summed E-state index contributed by atoms with van der Waals surface area (Å²) >= 11 is 0. The number of nitrogens with zero attached hydrogens (tertiary/aromatic N) is 1. The van der Waals surface area contributed by atoms with Crippen LogP contribution in [0.1, 0.15) is 24.3 Å². The predicted molar refractivity (Wildman–Crippen MR) is 89.2 cm³/mol. The molecule has 1 atom stereocenters. The maximum absolute atomic E-state index is 14.5. The number of hydrogen-bond acceptors (Lipinski definition) is 5. The Labute approximate surface area is 136 Å². The number of cyclic esters (lactones) is 1. The second-order valence-electron chi connectivity index (χ2n) is 6.14. The first-order chi connectivity index (χ1) is 10.9. The van der Waals surface area contributed by atoms with Gasteiger partial charge in [-0.05, 0) is 36.5 Å². The van der Waals surface area contributed by atoms with E-state index in [1.165, 1.54) is 11.0 Å². The van der Waals surface area contributed by atoms with Gasteiger partial charge >= 0.3 is 6.09 Å². The van der Waals surface area contributed by atoms with Crippen LogP contribution in [-0.2, 0) is 4.74 Å². The van der Waals surface area contributed by atoms with Gasteiger partial charge in [0.2, 0.25) is 0 Å². The van der Waals surface area contributed by atoms with Crippen molar-refractivity contribution in [3.05, 3.63) is 29.6 Å². The first kappa shape index (κ1) is 16.5. The van der Waals surface area contributed by atoms with E-state index < -0.39 is 16.6 Å². The number of anilines is 1. The van der Waals surface area contributed by atoms with E-state index in [0.717, 1.165) is 0 Å². The highest BCUT2D eigenvalue weighted by atomic mass is 32.3. The van der Waals surface area contributed by atoms with Gasteiger partial charge in [0.1, 0.15) is 11.9 Å². The lowest BCUT2D eigenvalue weighted by atomic mass is 9.93. The normalized spacial score (nSPS) is 34.1. The van der Waals surface area contributed by atoms with E-state index in [4.69, 9.17) is 15.6 Å². The van der Waals surface area contributed by atoms with Crippen LogP contribution in [0.15, 0.2) is 18.2 Å². The molecule has 8 heteroatoms. The molecule has 0 spiro atoms. The Kier molecular flexibility index (Phi) is 4.50. The molecule has 0 aromatic heterocycles. The third kappa shape index (κ3) is 3.45. The van der Waals surface area contributed by atoms with Gasteiger partial charge in [-0.1, -0.05) is 16.6 Å². The molecule has 0 aliphatic carbocycles. The van der Waals surface area contributed by atoms with Crippen molar-refractivity contribution in [3.63, 3.8) is 0 Å². The Morgan fingerprint density at radius 1 is 1.39 bits per heavy atom. The molecule has 3 rings (SSSR count). The van der Waals surface area contributed by atoms with Crippen LogP contribution < -0.4 is 15.8 Å². The summed E-state index contributed by atoms with van der Waals surface area (Å²) in [6.45, 7) is 0.580. The molecule has 5 N–H and O–H groups in total. The zero-order valence-corrected chi connectivity index (χ0v) is 13.6. The summed E-state index contributed by atoms with van der Waals surface area (Å²) in [5, 5.41) is 5.78. The summed E-state index contributed by atoms with van der Waals surface area (Å²) < 4.78 is 29.5. The van der Waals surface area contributed by atoms with Crippen LogP contribution >= 0.6 is 10.5 Å². The second-order valence-corrected chi connectivity index (χ2v) is 8.76. The van der Waals surface area contributed by atoms with Crippen molar-refractivity contribution >= 4 is 22.3 Å². The average Bonchev–Trinajstić information content (AvgIpc) is 2.89. The fraction of sp³-hybridized carbons (Fsp3) is 0.533. The van der Waals surface area contributed by atoms with Crippen LogP contribution in [0.2, 0.25) is 0 Å². The molecule has 6 nitrogen and oxygen atoms in total. The topological polar surface area (TPSA) is 102 Å². The van der Waals surface area contributed by atoms with Gasteiger partial charge in [0, 0.05) is 18.1 Å². The highest BCUT2D eigenvalue weighted by Gasteiger charge is 2.32. The van der Waals surface area contributed by atoms with Crippen LogP contribution in [0.4, 0.5) is 14.9 Å². The first-order valence-electron chi connectivity index (χ1n) is 7.66. The highest BCUT2D eigenvalue weighted by Crippen LogP contribution is 2.46. The lowest BCUT2D eigenvalue weighted by molar-refractivity contribution is 0.145. The standard InChI is InChI=1S/C15H22FN3O3S/c16-14-7-11(19-9-12(8-17)22-15(19)20)1-2-13(14)10-3-5-23(18,21)6-4-10/h1-2,7,10,12,21H,3-6,8-9,17-18H2/t12-/m0/s1. The molecular weight excluding hydrogens is 321 g/mol. The fourth-order valence-corrected chi connectivity index (χ4v) is 4.71. The van der Waals surface area contributed by atoms with Gasteiger partial charge in [0.05, 0.1) is 12.2 Å². The van der Waals surface area contributed by atoms with Crippen molar-refractivity contribution in [1.29, 1.82) is 0 Å². The van der Waals surface area contributed by atoms with E-state index in [2.05, 4.69) is 0 Å². The zero-order chi connectivity index (χ0) is 16.6. The fourth-order valence-electron chi connectivity index (χ4n) is 3.12. The minimum absolute atomic E-state index is 0.0581. The smallest absolute Gasteiger partial charge is 0.414 e. The number of nitrogens with two attached hydrogens (primary N) is 2. The van der Waals surface area contributed by atoms with Gasteiger partial charge in [-0.2, -0.15) is 0 Å². The third-order valence-electron chi connectivity index (χ3n) is 4.51. The summed E-state index contributed by atoms with van der Waals surface area (Å²) in [4.78, 5) is 13.2. The number of hydrogen-bond donors (Lipinski definition) is 3. The third-order valence-corrected chi connectivity index (χ3v) is 6.40. The second kappa shape index (κ2) is 6.27. The van der Waals surface area contributed by atoms with E-state index in [1.54, 1.807) is 12.1 Å². The number of carbonyl (C=O) groups excluding carboxylic acids is 1. The molecule has 2 aliphatic heterocycles. The van der Waals surface area contributed by atoms with Crippen LogP contribution in [0.25, 0.3) is 0 Å². The van der Waals surface area contributed by atoms with Gasteiger partial charge in [-0.3, -0.25) is 10.0 Å². The van der Waals surface area contributed by atoms with Gasteiger partial charge in [0.25, 0.3) is 0 Å². The molecule has 0 bridgehead atoms. The molecule has 2 fully saturated rings. The molecule has 2 heterocycles. The first-order valence-corrected chi connectivity index (χ1v) is 9.65. The molecule has 1 aromatic carbocycles. The van der Waals surface area contributed by atoms with Gasteiger partial charge in [0.15, 0.2) is 0 Å². The minimum atomic E-state index is -1.98. The average molecular weight is 343 g/mol. The summed E-state index contributed by atoms with van der Waals surface area (Å²) in [6, 6.07) is 4.81. The maximum atomic E-state index is 14.5. The SMILES string of the molecule is NC[C@H]1CN(c2ccc(C3CCS(N)(O)CC3)c(F)c2)C(=O)O1. The Balaban J connectivity index is 1.75. The maximum Gasteiger partial charge on any atom is 0.414 e. The monoisotopic (exact) mass is 343 g/mol. The quantitative estimate of drug-likeness (QED) is 0.780. The molecule has 1 aromatic rings. The van der Waals surface area contributed by atoms with Crippen molar-refractivity contribution in [2.24, 2.45) is 10.9 Å². The lowest BCUT2D eigenvalue weighted by Gasteiger charge is -2.37. The van der Waals surface area contributed by atoms with Crippen LogP contribution in [-0.4, -0.2) is 41.3 Å². The van der Waals surface area contributed by atoms with E-state index in [1.807, 2.05) is 0 Å². The molecule has 2 aliphatic rings. The van der Waals surface area contributed by atoms with Gasteiger partial charge in [-0.25, -0.2) is 9.18 Å². The molecule has 1 amide bonds. The summed E-state index contributed by atoms with van der Waals surface area (Å²) in [6.07, 6.45) is 0.509. The number of benzene rings is 1. The summed E-state index contributed by atoms with van der Waals surface area (Å²) in [5.74, 6) is 0.794. The Bertz CT molecular complexity index is 604. The van der Waals surface area contributed by atoms with E-state index in [0.29, 0.717) is 42.1 Å². The number of amides is 1. The number of carbonyl (C=O) groups is 1. The van der Waals surface area contributed by atoms with Gasteiger partial charge < -0.3 is 15.0 Å². The minimum Gasteiger partial charge on any atom is -0.443 e. The Morgan fingerprint density at radius 3 is 2.65 bits per heavy atom. The van der Waals surface area contributed by atoms with Crippen molar-refractivity contribution in [2.45, 2.75) is 24.9 Å². The van der Waals surface area contributed by atoms with Crippen molar-refractivity contribution in [3.8, 4) is 0 Å². The Morgan fingerprint density at radius 2 is 2.09 bits per heavy atom. The summed E-state index contributed by atoms with van der Waals surface area (Å²) in [5.41, 5.74) is 6.60. The highest BCUT2D eigenvalue weighted by molar-refractivity contribution is 8.27. The number of ether oxygens (including phenoxy) is 1. The molecule has 128 valence electrons. The molecule has 0 saturated carbocycles. The van der Waals surface area contributed by atoms with E-state index >= 15 is 0 Å². The predicted octanol–water partition coefficient (Wildman–Crippen LogP) is 2.14. The van der Waals surface area contributed by atoms with Crippen molar-refractivity contribution < 1.29 is 18.5 Å². The van der Waals surface area contributed by atoms with Crippen molar-refractivity contribution in [1.82, 2.24) is 0 Å². The number of halogens is 1. The molecule has 2 saturated heterocycles. The zero-order valence-electron chi connectivity index (χ0n) is 12.8. The molecule has 0 radical (unpaired) electrons. The lowest BCUT2D eigenvalue weighted by Crippen LogP contribution is -2.28. The van der Waals surface area contributed by atoms with E-state index in [9.17, 15) is 13.7 Å². The number of rotatable bonds is 3. The molecule has 23 heavy (non-hydrogen) atoms.